The number of hydrazone groups is 1. The molecule has 0 aromatic heterocycles. The van der Waals surface area contributed by atoms with Crippen LogP contribution in [0.5, 0.6) is 0 Å². The molecule has 4 aromatic rings. The lowest BCUT2D eigenvalue weighted by molar-refractivity contribution is -0.132. The fraction of sp³-hybridized carbons (Fsp3) is 0.161. The Bertz CT molecular complexity index is 1680. The van der Waals surface area contributed by atoms with E-state index in [4.69, 9.17) is 16.7 Å². The van der Waals surface area contributed by atoms with Crippen molar-refractivity contribution in [2.45, 2.75) is 12.5 Å². The number of hydrogen-bond donors (Lipinski definition) is 0. The van der Waals surface area contributed by atoms with E-state index in [9.17, 15) is 14.4 Å². The van der Waals surface area contributed by atoms with Crippen molar-refractivity contribution in [3.63, 3.8) is 0 Å². The Kier molecular flexibility index (Phi) is 6.16. The van der Waals surface area contributed by atoms with Gasteiger partial charge in [-0.25, -0.2) is 5.01 Å². The van der Waals surface area contributed by atoms with Crippen LogP contribution in [0.15, 0.2) is 90.0 Å². The number of Topliss-reactive ketones (excluding diaryl/α,β-unsaturated/α-hetero) is 1. The van der Waals surface area contributed by atoms with E-state index < -0.39 is 11.7 Å². The highest BCUT2D eigenvalue weighted by molar-refractivity contribution is 6.53. The van der Waals surface area contributed by atoms with Crippen LogP contribution in [0.4, 0.5) is 11.4 Å². The van der Waals surface area contributed by atoms with Gasteiger partial charge in [-0.1, -0.05) is 60.1 Å². The summed E-state index contributed by atoms with van der Waals surface area (Å²) >= 11 is 6.04. The Labute approximate surface area is 230 Å². The quantitative estimate of drug-likeness (QED) is 0.317. The molecule has 0 saturated heterocycles. The van der Waals surface area contributed by atoms with Crippen molar-refractivity contribution in [2.75, 3.05) is 30.4 Å². The van der Waals surface area contributed by atoms with Crippen molar-refractivity contribution >= 4 is 57.1 Å². The van der Waals surface area contributed by atoms with Gasteiger partial charge in [-0.15, -0.1) is 0 Å². The maximum atomic E-state index is 13.8. The number of carbonyl (C=O) groups is 3. The number of amides is 2. The molecule has 0 N–H and O–H groups in total. The molecule has 0 saturated carbocycles. The van der Waals surface area contributed by atoms with E-state index in [2.05, 4.69) is 24.3 Å². The van der Waals surface area contributed by atoms with Gasteiger partial charge in [0.25, 0.3) is 17.6 Å². The van der Waals surface area contributed by atoms with Gasteiger partial charge in [0.15, 0.2) is 0 Å². The molecule has 7 nitrogen and oxygen atoms in total. The van der Waals surface area contributed by atoms with Gasteiger partial charge in [0.1, 0.15) is 6.54 Å². The predicted octanol–water partition coefficient (Wildman–Crippen LogP) is 5.47. The van der Waals surface area contributed by atoms with Gasteiger partial charge in [-0.2, -0.15) is 5.10 Å². The zero-order valence-electron chi connectivity index (χ0n) is 21.5. The maximum Gasteiger partial charge on any atom is 0.299 e. The molecule has 0 radical (unpaired) electrons. The number of rotatable bonds is 5. The standard InChI is InChI=1S/C31H25ClN4O3/c1-34(2)24-12-9-20(10-13-24)28-17-26(22-8-7-19-5-3-4-6-21(19)15-22)33-36(28)29(37)18-35-27-14-11-23(32)16-25(27)30(38)31(35)39/h3-16,28H,17-18H2,1-2H3. The molecule has 6 rings (SSSR count). The summed E-state index contributed by atoms with van der Waals surface area (Å²) in [5.41, 5.74) is 4.29. The Hall–Kier alpha value is -4.49. The highest BCUT2D eigenvalue weighted by Gasteiger charge is 2.40. The molecule has 0 bridgehead atoms. The third-order valence-electron chi connectivity index (χ3n) is 7.27. The average Bonchev–Trinajstić information content (AvgIpc) is 3.49. The Balaban J connectivity index is 1.35. The first-order chi connectivity index (χ1) is 18.8. The van der Waals surface area contributed by atoms with Gasteiger partial charge in [-0.05, 0) is 58.3 Å². The molecule has 0 fully saturated rings. The van der Waals surface area contributed by atoms with Crippen LogP contribution in [0.3, 0.4) is 0 Å². The first kappa shape index (κ1) is 24.8. The molecule has 39 heavy (non-hydrogen) atoms. The number of ketones is 1. The summed E-state index contributed by atoms with van der Waals surface area (Å²) < 4.78 is 0. The van der Waals surface area contributed by atoms with E-state index in [0.29, 0.717) is 17.1 Å². The van der Waals surface area contributed by atoms with Crippen LogP contribution in [0.25, 0.3) is 10.8 Å². The zero-order chi connectivity index (χ0) is 27.3. The summed E-state index contributed by atoms with van der Waals surface area (Å²) in [5.74, 6) is -1.79. The number of anilines is 2. The lowest BCUT2D eigenvalue weighted by Crippen LogP contribution is -2.40. The van der Waals surface area contributed by atoms with Crippen LogP contribution < -0.4 is 9.80 Å². The van der Waals surface area contributed by atoms with Crippen molar-refractivity contribution in [3.05, 3.63) is 107 Å². The maximum absolute atomic E-state index is 13.8. The summed E-state index contributed by atoms with van der Waals surface area (Å²) in [4.78, 5) is 42.4. The molecule has 8 heteroatoms. The molecule has 1 unspecified atom stereocenters. The summed E-state index contributed by atoms with van der Waals surface area (Å²) in [7, 11) is 3.95. The number of fused-ring (bicyclic) bond motifs is 2. The van der Waals surface area contributed by atoms with Gasteiger partial charge in [-0.3, -0.25) is 19.3 Å². The number of carbonyl (C=O) groups excluding carboxylic acids is 3. The lowest BCUT2D eigenvalue weighted by atomic mass is 9.96. The summed E-state index contributed by atoms with van der Waals surface area (Å²) in [6.45, 7) is -0.306. The number of nitrogens with zero attached hydrogens (tertiary/aromatic N) is 4. The molecular formula is C31H25ClN4O3. The molecule has 0 aliphatic carbocycles. The van der Waals surface area contributed by atoms with Crippen LogP contribution in [-0.4, -0.2) is 49.0 Å². The normalized spacial score (nSPS) is 16.6. The summed E-state index contributed by atoms with van der Waals surface area (Å²) in [5, 5.41) is 8.81. The summed E-state index contributed by atoms with van der Waals surface area (Å²) in [6, 6.07) is 26.6. The van der Waals surface area contributed by atoms with Gasteiger partial charge < -0.3 is 4.90 Å². The lowest BCUT2D eigenvalue weighted by Gasteiger charge is -2.25. The SMILES string of the molecule is CN(C)c1ccc(C2CC(c3ccc4ccccc4c3)=NN2C(=O)CN2C(=O)C(=O)c3cc(Cl)ccc32)cc1. The van der Waals surface area contributed by atoms with E-state index >= 15 is 0 Å². The first-order valence-electron chi connectivity index (χ1n) is 12.6. The van der Waals surface area contributed by atoms with Gasteiger partial charge in [0.2, 0.25) is 0 Å². The van der Waals surface area contributed by atoms with E-state index in [0.717, 1.165) is 33.3 Å². The minimum absolute atomic E-state index is 0.206. The Morgan fingerprint density at radius 3 is 2.44 bits per heavy atom. The molecule has 194 valence electrons. The molecule has 4 aromatic carbocycles. The highest BCUT2D eigenvalue weighted by atomic mass is 35.5. The van der Waals surface area contributed by atoms with Crippen LogP contribution in [-0.2, 0) is 9.59 Å². The highest BCUT2D eigenvalue weighted by Crippen LogP contribution is 2.36. The minimum Gasteiger partial charge on any atom is -0.378 e. The monoisotopic (exact) mass is 536 g/mol. The fourth-order valence-electron chi connectivity index (χ4n) is 5.18. The molecular weight excluding hydrogens is 512 g/mol. The Morgan fingerprint density at radius 1 is 0.949 bits per heavy atom. The number of benzene rings is 4. The number of halogens is 1. The van der Waals surface area contributed by atoms with E-state index in [1.807, 2.05) is 61.5 Å². The van der Waals surface area contributed by atoms with Gasteiger partial charge >= 0.3 is 0 Å². The van der Waals surface area contributed by atoms with Crippen molar-refractivity contribution in [2.24, 2.45) is 5.10 Å². The zero-order valence-corrected chi connectivity index (χ0v) is 22.2. The van der Waals surface area contributed by atoms with E-state index in [1.165, 1.54) is 16.0 Å². The predicted molar refractivity (Wildman–Crippen MR) is 154 cm³/mol. The molecule has 2 aliphatic heterocycles. The van der Waals surface area contributed by atoms with E-state index in [1.54, 1.807) is 12.1 Å². The minimum atomic E-state index is -0.745. The van der Waals surface area contributed by atoms with Gasteiger partial charge in [0.05, 0.1) is 23.0 Å². The summed E-state index contributed by atoms with van der Waals surface area (Å²) in [6.07, 6.45) is 0.518. The molecule has 1 atom stereocenters. The topological polar surface area (TPSA) is 73.3 Å². The first-order valence-corrected chi connectivity index (χ1v) is 13.0. The second-order valence-corrected chi connectivity index (χ2v) is 10.4. The van der Waals surface area contributed by atoms with E-state index in [-0.39, 0.29) is 24.1 Å². The second-order valence-electron chi connectivity index (χ2n) is 9.93. The van der Waals surface area contributed by atoms with Crippen molar-refractivity contribution in [1.82, 2.24) is 5.01 Å². The smallest absolute Gasteiger partial charge is 0.299 e. The van der Waals surface area contributed by atoms with Gasteiger partial charge in [0, 0.05) is 31.2 Å². The second kappa shape index (κ2) is 9.67. The number of hydrogen-bond acceptors (Lipinski definition) is 5. The fourth-order valence-corrected chi connectivity index (χ4v) is 5.35. The third kappa shape index (κ3) is 4.45. The molecule has 2 heterocycles. The average molecular weight is 537 g/mol. The van der Waals surface area contributed by atoms with Crippen LogP contribution in [0.1, 0.15) is 33.9 Å². The van der Waals surface area contributed by atoms with Crippen LogP contribution in [0.2, 0.25) is 5.02 Å². The Morgan fingerprint density at radius 2 is 1.69 bits per heavy atom. The van der Waals surface area contributed by atoms with Crippen LogP contribution in [0, 0.1) is 0 Å². The molecule has 2 aliphatic rings. The van der Waals surface area contributed by atoms with Crippen LogP contribution >= 0.6 is 11.6 Å². The molecule has 2 amide bonds. The molecule has 0 spiro atoms. The third-order valence-corrected chi connectivity index (χ3v) is 7.50. The largest absolute Gasteiger partial charge is 0.378 e. The van der Waals surface area contributed by atoms with Crippen molar-refractivity contribution in [1.29, 1.82) is 0 Å². The van der Waals surface area contributed by atoms with Crippen molar-refractivity contribution in [3.8, 4) is 0 Å². The van der Waals surface area contributed by atoms with Crippen molar-refractivity contribution < 1.29 is 14.4 Å².